The van der Waals surface area contributed by atoms with E-state index in [9.17, 15) is 9.59 Å². The minimum Gasteiger partial charge on any atom is -0.469 e. The van der Waals surface area contributed by atoms with Gasteiger partial charge in [-0.1, -0.05) is 0 Å². The van der Waals surface area contributed by atoms with E-state index in [1.54, 1.807) is 24.3 Å². The van der Waals surface area contributed by atoms with Gasteiger partial charge in [-0.15, -0.1) is 0 Å². The van der Waals surface area contributed by atoms with Crippen molar-refractivity contribution >= 4 is 28.8 Å². The van der Waals surface area contributed by atoms with Gasteiger partial charge in [0.05, 0.1) is 24.9 Å². The number of carbonyl (C=O) groups is 2. The van der Waals surface area contributed by atoms with E-state index in [0.717, 1.165) is 30.8 Å². The number of Topliss-reactive ketones (excluding diaryl/α,β-unsaturated/α-hetero) is 1. The minimum atomic E-state index is -0.191. The Balaban J connectivity index is 1.71. The van der Waals surface area contributed by atoms with Crippen molar-refractivity contribution in [2.75, 3.05) is 25.1 Å². The quantitative estimate of drug-likeness (QED) is 0.425. The summed E-state index contributed by atoms with van der Waals surface area (Å²) in [5.74, 6) is -0.159. The van der Waals surface area contributed by atoms with Gasteiger partial charge in [-0.25, -0.2) is 0 Å². The zero-order valence-electron chi connectivity index (χ0n) is 15.6. The van der Waals surface area contributed by atoms with Gasteiger partial charge in [-0.05, 0) is 67.8 Å². The number of nitrogens with zero attached hydrogens (tertiary/aromatic N) is 3. The number of esters is 1. The van der Waals surface area contributed by atoms with Crippen LogP contribution in [0.4, 0.5) is 17.1 Å². The van der Waals surface area contributed by atoms with Crippen LogP contribution in [0.5, 0.6) is 0 Å². The normalized spacial score (nSPS) is 13.5. The smallest absolute Gasteiger partial charge is 0.307 e. The van der Waals surface area contributed by atoms with E-state index in [4.69, 9.17) is 4.74 Å². The minimum absolute atomic E-state index is 0.0323. The maximum atomic E-state index is 11.4. The summed E-state index contributed by atoms with van der Waals surface area (Å²) in [6.45, 7) is 3.13. The summed E-state index contributed by atoms with van der Waals surface area (Å²) in [5.41, 5.74) is 4.52. The van der Waals surface area contributed by atoms with E-state index in [1.807, 2.05) is 18.2 Å². The Bertz CT molecular complexity index is 859. The Morgan fingerprint density at radius 3 is 2.48 bits per heavy atom. The highest BCUT2D eigenvalue weighted by atomic mass is 16.5. The summed E-state index contributed by atoms with van der Waals surface area (Å²) < 4.78 is 4.73. The van der Waals surface area contributed by atoms with Crippen LogP contribution in [-0.4, -0.2) is 32.0 Å². The molecule has 0 N–H and O–H groups in total. The van der Waals surface area contributed by atoms with E-state index in [1.165, 1.54) is 19.6 Å². The van der Waals surface area contributed by atoms with Crippen LogP contribution in [0, 0.1) is 0 Å². The molecule has 0 fully saturated rings. The summed E-state index contributed by atoms with van der Waals surface area (Å²) in [7, 11) is 1.41. The highest BCUT2D eigenvalue weighted by Gasteiger charge is 2.18. The first-order chi connectivity index (χ1) is 13.1. The van der Waals surface area contributed by atoms with Gasteiger partial charge in [0.2, 0.25) is 0 Å². The van der Waals surface area contributed by atoms with Crippen molar-refractivity contribution in [1.29, 1.82) is 0 Å². The number of hydrogen-bond acceptors (Lipinski definition) is 6. The molecule has 6 nitrogen and oxygen atoms in total. The van der Waals surface area contributed by atoms with E-state index in [-0.39, 0.29) is 11.8 Å². The molecule has 2 aromatic rings. The first-order valence-electron chi connectivity index (χ1n) is 9.04. The maximum absolute atomic E-state index is 11.4. The van der Waals surface area contributed by atoms with Gasteiger partial charge < -0.3 is 9.64 Å². The number of fused-ring (bicyclic) bond motifs is 1. The molecule has 1 aliphatic rings. The average Bonchev–Trinajstić information content (AvgIpc) is 2.70. The van der Waals surface area contributed by atoms with E-state index >= 15 is 0 Å². The molecule has 0 aromatic heterocycles. The standard InChI is InChI=1S/C21H23N3O3/c1-15(25)16-5-7-18(8-6-16)22-23-19-9-10-20-17(14-19)4-3-12-24(20)13-11-21(26)27-2/h5-10,14H,3-4,11-13H2,1-2H3. The fourth-order valence-electron chi connectivity index (χ4n) is 3.16. The number of carbonyl (C=O) groups excluding carboxylic acids is 2. The lowest BCUT2D eigenvalue weighted by molar-refractivity contribution is -0.140. The molecule has 0 radical (unpaired) electrons. The zero-order chi connectivity index (χ0) is 19.2. The molecule has 27 heavy (non-hydrogen) atoms. The zero-order valence-corrected chi connectivity index (χ0v) is 15.6. The van der Waals surface area contributed by atoms with Gasteiger partial charge >= 0.3 is 5.97 Å². The SMILES string of the molecule is COC(=O)CCN1CCCc2cc(N=Nc3ccc(C(C)=O)cc3)ccc21. The van der Waals surface area contributed by atoms with Crippen molar-refractivity contribution in [2.45, 2.75) is 26.2 Å². The molecule has 140 valence electrons. The van der Waals surface area contributed by atoms with Crippen LogP contribution >= 0.6 is 0 Å². The predicted molar refractivity (Wildman–Crippen MR) is 104 cm³/mol. The van der Waals surface area contributed by atoms with Gasteiger partial charge in [0, 0.05) is 24.3 Å². The summed E-state index contributed by atoms with van der Waals surface area (Å²) in [4.78, 5) is 24.9. The molecule has 0 spiro atoms. The van der Waals surface area contributed by atoms with Crippen LogP contribution < -0.4 is 4.90 Å². The van der Waals surface area contributed by atoms with Crippen molar-refractivity contribution < 1.29 is 14.3 Å². The van der Waals surface area contributed by atoms with Gasteiger partial charge in [0.25, 0.3) is 0 Å². The molecule has 0 amide bonds. The van der Waals surface area contributed by atoms with Crippen molar-refractivity contribution in [2.24, 2.45) is 10.2 Å². The Morgan fingerprint density at radius 1 is 1.07 bits per heavy atom. The first kappa shape index (κ1) is 18.8. The topological polar surface area (TPSA) is 71.3 Å². The lowest BCUT2D eigenvalue weighted by Crippen LogP contribution is -2.31. The number of aryl methyl sites for hydroxylation is 1. The van der Waals surface area contributed by atoms with Crippen molar-refractivity contribution in [3.63, 3.8) is 0 Å². The Hall–Kier alpha value is -3.02. The average molecular weight is 365 g/mol. The van der Waals surface area contributed by atoms with Crippen LogP contribution in [0.15, 0.2) is 52.7 Å². The van der Waals surface area contributed by atoms with Gasteiger partial charge in [-0.3, -0.25) is 9.59 Å². The number of benzene rings is 2. The summed E-state index contributed by atoms with van der Waals surface area (Å²) in [6.07, 6.45) is 2.41. The van der Waals surface area contributed by atoms with E-state index < -0.39 is 0 Å². The molecular formula is C21H23N3O3. The molecule has 0 atom stereocenters. The lowest BCUT2D eigenvalue weighted by atomic mass is 10.0. The molecule has 0 saturated heterocycles. The summed E-state index contributed by atoms with van der Waals surface area (Å²) in [5, 5.41) is 8.57. The molecule has 3 rings (SSSR count). The molecule has 6 heteroatoms. The van der Waals surface area contributed by atoms with Gasteiger partial charge in [0.1, 0.15) is 0 Å². The number of ketones is 1. The Kier molecular flexibility index (Phi) is 5.96. The summed E-state index contributed by atoms with van der Waals surface area (Å²) >= 11 is 0. The third kappa shape index (κ3) is 4.78. The van der Waals surface area contributed by atoms with Crippen LogP contribution in [0.25, 0.3) is 0 Å². The molecular weight excluding hydrogens is 342 g/mol. The van der Waals surface area contributed by atoms with Crippen LogP contribution in [0.3, 0.4) is 0 Å². The molecule has 0 bridgehead atoms. The highest BCUT2D eigenvalue weighted by Crippen LogP contribution is 2.31. The van der Waals surface area contributed by atoms with Crippen LogP contribution in [0.2, 0.25) is 0 Å². The molecule has 0 unspecified atom stereocenters. The molecule has 1 heterocycles. The van der Waals surface area contributed by atoms with E-state index in [2.05, 4.69) is 15.1 Å². The Labute approximate surface area is 158 Å². The predicted octanol–water partition coefficient (Wildman–Crippen LogP) is 4.62. The number of anilines is 1. The van der Waals surface area contributed by atoms with Crippen LogP contribution in [-0.2, 0) is 16.0 Å². The van der Waals surface area contributed by atoms with E-state index in [0.29, 0.717) is 24.2 Å². The maximum Gasteiger partial charge on any atom is 0.307 e. The van der Waals surface area contributed by atoms with Crippen LogP contribution in [0.1, 0.15) is 35.7 Å². The summed E-state index contributed by atoms with van der Waals surface area (Å²) in [6, 6.07) is 13.1. The lowest BCUT2D eigenvalue weighted by Gasteiger charge is -2.31. The third-order valence-corrected chi connectivity index (χ3v) is 4.65. The number of methoxy groups -OCH3 is 1. The van der Waals surface area contributed by atoms with Gasteiger partial charge in [0.15, 0.2) is 5.78 Å². The van der Waals surface area contributed by atoms with Crippen molar-refractivity contribution in [3.8, 4) is 0 Å². The highest BCUT2D eigenvalue weighted by molar-refractivity contribution is 5.94. The molecule has 0 aliphatic carbocycles. The fourth-order valence-corrected chi connectivity index (χ4v) is 3.16. The third-order valence-electron chi connectivity index (χ3n) is 4.65. The molecule has 2 aromatic carbocycles. The largest absolute Gasteiger partial charge is 0.469 e. The Morgan fingerprint density at radius 2 is 1.78 bits per heavy atom. The van der Waals surface area contributed by atoms with Crippen molar-refractivity contribution in [1.82, 2.24) is 0 Å². The van der Waals surface area contributed by atoms with Crippen molar-refractivity contribution in [3.05, 3.63) is 53.6 Å². The number of hydrogen-bond donors (Lipinski definition) is 0. The fraction of sp³-hybridized carbons (Fsp3) is 0.333. The molecule has 1 aliphatic heterocycles. The molecule has 0 saturated carbocycles. The van der Waals surface area contributed by atoms with Gasteiger partial charge in [-0.2, -0.15) is 10.2 Å². The second kappa shape index (κ2) is 8.58. The number of rotatable bonds is 6. The first-order valence-corrected chi connectivity index (χ1v) is 9.04. The second-order valence-corrected chi connectivity index (χ2v) is 6.53. The number of ether oxygens (including phenoxy) is 1. The number of azo groups is 1. The second-order valence-electron chi connectivity index (χ2n) is 6.53. The monoisotopic (exact) mass is 365 g/mol.